The highest BCUT2D eigenvalue weighted by atomic mass is 16.5. The van der Waals surface area contributed by atoms with Crippen LogP contribution in [-0.4, -0.2) is 29.5 Å². The zero-order valence-electron chi connectivity index (χ0n) is 9.70. The lowest BCUT2D eigenvalue weighted by Crippen LogP contribution is -2.18. The van der Waals surface area contributed by atoms with Gasteiger partial charge in [-0.25, -0.2) is 0 Å². The minimum Gasteiger partial charge on any atom is -0.381 e. The Bertz CT molecular complexity index is 260. The fourth-order valence-electron chi connectivity index (χ4n) is 1.34. The van der Waals surface area contributed by atoms with Crippen LogP contribution in [0, 0.1) is 0 Å². The summed E-state index contributed by atoms with van der Waals surface area (Å²) in [5.41, 5.74) is 1.21. The maximum absolute atomic E-state index is 5.39. The molecule has 0 spiro atoms. The van der Waals surface area contributed by atoms with Gasteiger partial charge in [0.1, 0.15) is 0 Å². The summed E-state index contributed by atoms with van der Waals surface area (Å²) in [6.07, 6.45) is 3.99. The molecule has 0 bridgehead atoms. The minimum atomic E-state index is 0.853. The number of rotatable bonds is 8. The summed E-state index contributed by atoms with van der Waals surface area (Å²) < 4.78 is 7.28. The predicted octanol–water partition coefficient (Wildman–Crippen LogP) is 1.33. The summed E-state index contributed by atoms with van der Waals surface area (Å²) in [5, 5.41) is 7.47. The number of aryl methyl sites for hydroxylation is 1. The molecule has 0 radical (unpaired) electrons. The second kappa shape index (κ2) is 7.43. The Morgan fingerprint density at radius 3 is 3.00 bits per heavy atom. The van der Waals surface area contributed by atoms with Crippen LogP contribution < -0.4 is 5.32 Å². The maximum Gasteiger partial charge on any atom is 0.0518 e. The van der Waals surface area contributed by atoms with Gasteiger partial charge >= 0.3 is 0 Å². The Hall–Kier alpha value is -0.870. The van der Waals surface area contributed by atoms with E-state index in [1.54, 1.807) is 0 Å². The molecule has 0 saturated carbocycles. The first-order valence-electron chi connectivity index (χ1n) is 5.60. The van der Waals surface area contributed by atoms with Gasteiger partial charge in [0.2, 0.25) is 0 Å². The number of aromatic nitrogens is 2. The molecule has 1 heterocycles. The summed E-state index contributed by atoms with van der Waals surface area (Å²) in [5.74, 6) is 0. The van der Waals surface area contributed by atoms with Gasteiger partial charge in [-0.05, 0) is 25.5 Å². The zero-order chi connectivity index (χ0) is 10.9. The van der Waals surface area contributed by atoms with E-state index in [9.17, 15) is 0 Å². The van der Waals surface area contributed by atoms with Crippen LogP contribution in [0.25, 0.3) is 0 Å². The van der Waals surface area contributed by atoms with Crippen LogP contribution >= 0.6 is 0 Å². The minimum absolute atomic E-state index is 0.853. The highest BCUT2D eigenvalue weighted by molar-refractivity contribution is 4.98. The molecule has 86 valence electrons. The number of nitrogens with zero attached hydrogens (tertiary/aromatic N) is 2. The van der Waals surface area contributed by atoms with Crippen molar-refractivity contribution in [2.75, 3.05) is 19.8 Å². The first kappa shape index (κ1) is 12.2. The number of nitrogens with one attached hydrogen (secondary N) is 1. The summed E-state index contributed by atoms with van der Waals surface area (Å²) in [7, 11) is 1.96. The van der Waals surface area contributed by atoms with E-state index in [-0.39, 0.29) is 0 Å². The summed E-state index contributed by atoms with van der Waals surface area (Å²) >= 11 is 0. The summed E-state index contributed by atoms with van der Waals surface area (Å²) in [6.45, 7) is 5.73. The highest BCUT2D eigenvalue weighted by Gasteiger charge is 1.96. The monoisotopic (exact) mass is 211 g/mol. The molecule has 0 fully saturated rings. The number of hydrogen-bond acceptors (Lipinski definition) is 3. The van der Waals surface area contributed by atoms with Gasteiger partial charge in [-0.15, -0.1) is 0 Å². The van der Waals surface area contributed by atoms with E-state index < -0.39 is 0 Å². The quantitative estimate of drug-likeness (QED) is 0.659. The molecular formula is C11H21N3O. The van der Waals surface area contributed by atoms with Crippen molar-refractivity contribution in [3.05, 3.63) is 18.0 Å². The molecule has 1 aromatic rings. The Balaban J connectivity index is 1.96. The van der Waals surface area contributed by atoms with Crippen molar-refractivity contribution in [2.45, 2.75) is 26.3 Å². The molecule has 0 aliphatic rings. The van der Waals surface area contributed by atoms with Crippen LogP contribution in [0.5, 0.6) is 0 Å². The molecule has 0 aliphatic carbocycles. The Labute approximate surface area is 91.6 Å². The van der Waals surface area contributed by atoms with Crippen LogP contribution in [0.3, 0.4) is 0 Å². The lowest BCUT2D eigenvalue weighted by atomic mass is 10.4. The van der Waals surface area contributed by atoms with Gasteiger partial charge in [0, 0.05) is 33.0 Å². The van der Waals surface area contributed by atoms with Gasteiger partial charge < -0.3 is 10.1 Å². The Morgan fingerprint density at radius 2 is 2.33 bits per heavy atom. The molecule has 0 amide bonds. The van der Waals surface area contributed by atoms with E-state index in [0.29, 0.717) is 0 Å². The normalized spacial score (nSPS) is 10.8. The fraction of sp³-hybridized carbons (Fsp3) is 0.727. The molecule has 1 rings (SSSR count). The average molecular weight is 211 g/mol. The molecule has 1 N–H and O–H groups in total. The Kier molecular flexibility index (Phi) is 6.04. The third kappa shape index (κ3) is 4.95. The van der Waals surface area contributed by atoms with Crippen molar-refractivity contribution in [2.24, 2.45) is 7.05 Å². The van der Waals surface area contributed by atoms with Gasteiger partial charge in [0.15, 0.2) is 0 Å². The zero-order valence-corrected chi connectivity index (χ0v) is 9.70. The summed E-state index contributed by atoms with van der Waals surface area (Å²) in [6, 6.07) is 2.03. The standard InChI is InChI=1S/C11H21N3O/c1-3-8-15-9-4-6-12-10-11-5-7-13-14(11)2/h5,7,12H,3-4,6,8-10H2,1-2H3. The molecular weight excluding hydrogens is 190 g/mol. The Morgan fingerprint density at radius 1 is 1.47 bits per heavy atom. The van der Waals surface area contributed by atoms with Crippen molar-refractivity contribution in [3.63, 3.8) is 0 Å². The summed E-state index contributed by atoms with van der Waals surface area (Å²) in [4.78, 5) is 0. The first-order valence-corrected chi connectivity index (χ1v) is 5.60. The van der Waals surface area contributed by atoms with Crippen molar-refractivity contribution < 1.29 is 4.74 Å². The van der Waals surface area contributed by atoms with Gasteiger partial charge in [-0.3, -0.25) is 4.68 Å². The third-order valence-electron chi connectivity index (χ3n) is 2.22. The van der Waals surface area contributed by atoms with E-state index in [4.69, 9.17) is 4.74 Å². The van der Waals surface area contributed by atoms with Gasteiger partial charge in [-0.1, -0.05) is 6.92 Å². The molecule has 0 saturated heterocycles. The maximum atomic E-state index is 5.39. The van der Waals surface area contributed by atoms with E-state index >= 15 is 0 Å². The van der Waals surface area contributed by atoms with Crippen LogP contribution in [0.2, 0.25) is 0 Å². The van der Waals surface area contributed by atoms with Crippen LogP contribution in [0.15, 0.2) is 12.3 Å². The second-order valence-electron chi connectivity index (χ2n) is 3.59. The molecule has 0 aliphatic heterocycles. The molecule has 0 aromatic carbocycles. The molecule has 15 heavy (non-hydrogen) atoms. The lowest BCUT2D eigenvalue weighted by Gasteiger charge is -2.05. The number of hydrogen-bond donors (Lipinski definition) is 1. The molecule has 1 aromatic heterocycles. The average Bonchev–Trinajstić information content (AvgIpc) is 2.63. The third-order valence-corrected chi connectivity index (χ3v) is 2.22. The number of ether oxygens (including phenoxy) is 1. The second-order valence-corrected chi connectivity index (χ2v) is 3.59. The fourth-order valence-corrected chi connectivity index (χ4v) is 1.34. The molecule has 4 nitrogen and oxygen atoms in total. The molecule has 0 unspecified atom stereocenters. The molecule has 0 atom stereocenters. The van der Waals surface area contributed by atoms with Crippen LogP contribution in [-0.2, 0) is 18.3 Å². The van der Waals surface area contributed by atoms with Gasteiger partial charge in [-0.2, -0.15) is 5.10 Å². The van der Waals surface area contributed by atoms with Crippen LogP contribution in [0.4, 0.5) is 0 Å². The molecule has 4 heteroatoms. The van der Waals surface area contributed by atoms with Crippen LogP contribution in [0.1, 0.15) is 25.5 Å². The topological polar surface area (TPSA) is 39.1 Å². The van der Waals surface area contributed by atoms with E-state index in [1.165, 1.54) is 5.69 Å². The van der Waals surface area contributed by atoms with Gasteiger partial charge in [0.05, 0.1) is 5.69 Å². The highest BCUT2D eigenvalue weighted by Crippen LogP contribution is 1.94. The predicted molar refractivity (Wildman–Crippen MR) is 60.6 cm³/mol. The smallest absolute Gasteiger partial charge is 0.0518 e. The van der Waals surface area contributed by atoms with E-state index in [0.717, 1.165) is 39.1 Å². The SMILES string of the molecule is CCCOCCCNCc1ccnn1C. The van der Waals surface area contributed by atoms with E-state index in [2.05, 4.69) is 17.3 Å². The van der Waals surface area contributed by atoms with Crippen molar-refractivity contribution in [3.8, 4) is 0 Å². The van der Waals surface area contributed by atoms with Crippen molar-refractivity contribution in [1.29, 1.82) is 0 Å². The van der Waals surface area contributed by atoms with Gasteiger partial charge in [0.25, 0.3) is 0 Å². The first-order chi connectivity index (χ1) is 7.34. The van der Waals surface area contributed by atoms with E-state index in [1.807, 2.05) is 24.0 Å². The largest absolute Gasteiger partial charge is 0.381 e. The lowest BCUT2D eigenvalue weighted by molar-refractivity contribution is 0.132. The van der Waals surface area contributed by atoms with Crippen molar-refractivity contribution >= 4 is 0 Å². The van der Waals surface area contributed by atoms with Crippen molar-refractivity contribution in [1.82, 2.24) is 15.1 Å².